The lowest BCUT2D eigenvalue weighted by molar-refractivity contribution is -0.199. The number of phenols is 1. The largest absolute Gasteiger partial charge is 0.508 e. The van der Waals surface area contributed by atoms with Gasteiger partial charge in [0.1, 0.15) is 12.4 Å². The van der Waals surface area contributed by atoms with Crippen LogP contribution in [0.25, 0.3) is 11.8 Å². The smallest absolute Gasteiger partial charge is 0.193 e. The Kier molecular flexibility index (Phi) is 5.17. The number of carbonyl (C=O) groups excluding carboxylic acids is 1. The van der Waals surface area contributed by atoms with E-state index in [2.05, 4.69) is 19.9 Å². The van der Waals surface area contributed by atoms with Crippen molar-refractivity contribution in [2.75, 3.05) is 6.61 Å². The van der Waals surface area contributed by atoms with Gasteiger partial charge >= 0.3 is 0 Å². The molecule has 9 atom stereocenters. The van der Waals surface area contributed by atoms with Crippen molar-refractivity contribution in [2.24, 2.45) is 28.6 Å². The molecule has 8 nitrogen and oxygen atoms in total. The molecule has 0 bridgehead atoms. The molecule has 4 fully saturated rings. The molecule has 0 spiro atoms. The number of carbonyl (C=O) groups is 1. The lowest BCUT2D eigenvalue weighted by Gasteiger charge is -2.60. The lowest BCUT2D eigenvalue weighted by Crippen LogP contribution is -2.63. The number of benzene rings is 1. The van der Waals surface area contributed by atoms with Gasteiger partial charge in [-0.05, 0) is 98.1 Å². The number of hydrogen-bond acceptors (Lipinski definition) is 7. The quantitative estimate of drug-likeness (QED) is 0.568. The molecule has 1 aromatic carbocycles. The molecule has 0 radical (unpaired) electrons. The number of ketones is 1. The molecule has 1 aromatic heterocycles. The van der Waals surface area contributed by atoms with Crippen LogP contribution in [0.1, 0.15) is 57.7 Å². The number of Topliss-reactive ketones (excluding diaryl/α,β-unsaturated/α-hetero) is 1. The number of nitrogens with zero attached hydrogens (tertiary/aromatic N) is 2. The molecular weight excluding hydrogens is 484 g/mol. The summed E-state index contributed by atoms with van der Waals surface area (Å²) in [6.45, 7) is 5.60. The van der Waals surface area contributed by atoms with Crippen molar-refractivity contribution >= 4 is 11.9 Å². The van der Waals surface area contributed by atoms with Gasteiger partial charge in [0.25, 0.3) is 0 Å². The van der Waals surface area contributed by atoms with Gasteiger partial charge < -0.3 is 24.8 Å². The van der Waals surface area contributed by atoms with E-state index in [1.807, 2.05) is 29.9 Å². The van der Waals surface area contributed by atoms with Crippen LogP contribution in [0, 0.1) is 28.6 Å². The molecule has 1 aliphatic heterocycles. The average molecular weight is 521 g/mol. The van der Waals surface area contributed by atoms with Gasteiger partial charge in [0.2, 0.25) is 0 Å². The third-order valence-corrected chi connectivity index (χ3v) is 10.9. The molecule has 2 aromatic rings. The number of aliphatic hydroxyl groups excluding tert-OH is 2. The first kappa shape index (κ1) is 24.5. The highest BCUT2D eigenvalue weighted by Gasteiger charge is 2.75. The minimum absolute atomic E-state index is 0.0447. The van der Waals surface area contributed by atoms with Crippen molar-refractivity contribution in [2.45, 2.75) is 77.0 Å². The van der Waals surface area contributed by atoms with Crippen molar-refractivity contribution in [3.05, 3.63) is 47.3 Å². The molecule has 7 rings (SSSR count). The number of aromatic hydroxyl groups is 1. The number of phenolic OH excluding ortho intramolecular Hbond substituents is 1. The van der Waals surface area contributed by atoms with Crippen LogP contribution in [0.3, 0.4) is 0 Å². The lowest BCUT2D eigenvalue weighted by atomic mass is 9.45. The Morgan fingerprint density at radius 1 is 1.24 bits per heavy atom. The highest BCUT2D eigenvalue weighted by molar-refractivity contribution is 5.91. The zero-order valence-electron chi connectivity index (χ0n) is 22.1. The third kappa shape index (κ3) is 2.95. The standard InChI is InChI=1S/C30H36N2O6/c1-16-37-26-11-22-21-9-4-18-10-23-17(14-31-32(23)19-5-7-20(34)8-6-19)12-28(18,2)27(21)24(35)13-29(22,3)30(26,38-16)25(36)15-33/h5-8,10,14,16,21-22,24,26-27,33-35H,4,9,11-13,15H2,1-3H3/t16?,21-,22-,24-,26+,27+,28-,29-,30+/m0/s1. The minimum atomic E-state index is -1.21. The summed E-state index contributed by atoms with van der Waals surface area (Å²) in [5, 5.41) is 36.2. The first-order chi connectivity index (χ1) is 18.1. The molecule has 3 saturated carbocycles. The Bertz CT molecular complexity index is 1330. The normalized spacial score (nSPS) is 42.9. The van der Waals surface area contributed by atoms with Gasteiger partial charge in [-0.25, -0.2) is 4.68 Å². The zero-order chi connectivity index (χ0) is 26.6. The molecular formula is C30H36N2O6. The number of rotatable bonds is 3. The van der Waals surface area contributed by atoms with Crippen molar-refractivity contribution in [3.8, 4) is 11.4 Å². The zero-order valence-corrected chi connectivity index (χ0v) is 22.1. The van der Waals surface area contributed by atoms with E-state index in [-0.39, 0.29) is 34.7 Å². The predicted molar refractivity (Wildman–Crippen MR) is 138 cm³/mol. The maximum Gasteiger partial charge on any atom is 0.193 e. The number of hydrogen-bond donors (Lipinski definition) is 3. The average Bonchev–Trinajstić information content (AvgIpc) is 3.51. The van der Waals surface area contributed by atoms with Crippen LogP contribution >= 0.6 is 0 Å². The molecule has 8 heteroatoms. The van der Waals surface area contributed by atoms with Crippen molar-refractivity contribution in [1.29, 1.82) is 0 Å². The molecule has 38 heavy (non-hydrogen) atoms. The second-order valence-electron chi connectivity index (χ2n) is 12.6. The maximum absolute atomic E-state index is 13.3. The summed E-state index contributed by atoms with van der Waals surface area (Å²) in [5.41, 5.74) is 2.42. The number of allylic oxidation sites excluding steroid dienone is 1. The molecule has 4 aliphatic carbocycles. The molecule has 2 heterocycles. The van der Waals surface area contributed by atoms with E-state index in [0.29, 0.717) is 12.8 Å². The van der Waals surface area contributed by atoms with E-state index in [0.717, 1.165) is 36.2 Å². The van der Waals surface area contributed by atoms with Crippen LogP contribution in [-0.2, 0) is 20.7 Å². The molecule has 202 valence electrons. The Morgan fingerprint density at radius 3 is 2.74 bits per heavy atom. The SMILES string of the molecule is CC1O[C@@H]2C[C@H]3[C@@H]4CCC5=Cc6c(cnn6-c6ccc(O)cc6)C[C@]5(C)[C@H]4[C@@H](O)C[C@]3(C)[C@]2(C(=O)CO)O1. The van der Waals surface area contributed by atoms with Crippen molar-refractivity contribution in [1.82, 2.24) is 9.78 Å². The van der Waals surface area contributed by atoms with E-state index in [1.54, 1.807) is 12.1 Å². The number of aliphatic hydroxyl groups is 2. The fourth-order valence-electron chi connectivity index (χ4n) is 9.52. The Morgan fingerprint density at radius 2 is 2.00 bits per heavy atom. The highest BCUT2D eigenvalue weighted by atomic mass is 16.7. The van der Waals surface area contributed by atoms with Gasteiger partial charge in [-0.3, -0.25) is 4.79 Å². The number of aromatic nitrogens is 2. The van der Waals surface area contributed by atoms with E-state index >= 15 is 0 Å². The van der Waals surface area contributed by atoms with Crippen LogP contribution < -0.4 is 0 Å². The van der Waals surface area contributed by atoms with Crippen LogP contribution in [0.2, 0.25) is 0 Å². The van der Waals surface area contributed by atoms with E-state index < -0.39 is 36.1 Å². The Labute approximate surface area is 222 Å². The summed E-state index contributed by atoms with van der Waals surface area (Å²) < 4.78 is 14.3. The second-order valence-corrected chi connectivity index (χ2v) is 12.6. The monoisotopic (exact) mass is 520 g/mol. The topological polar surface area (TPSA) is 114 Å². The second kappa shape index (κ2) is 8.01. The van der Waals surface area contributed by atoms with Gasteiger partial charge in [0.05, 0.1) is 29.8 Å². The first-order valence-corrected chi connectivity index (χ1v) is 13.9. The highest BCUT2D eigenvalue weighted by Crippen LogP contribution is 2.70. The summed E-state index contributed by atoms with van der Waals surface area (Å²) in [5.74, 6) is 0.317. The van der Waals surface area contributed by atoms with Crippen molar-refractivity contribution < 1.29 is 29.6 Å². The van der Waals surface area contributed by atoms with Gasteiger partial charge in [0.15, 0.2) is 17.7 Å². The number of fused-ring (bicyclic) bond motifs is 8. The van der Waals surface area contributed by atoms with Crippen molar-refractivity contribution in [3.63, 3.8) is 0 Å². The van der Waals surface area contributed by atoms with Crippen LogP contribution in [0.15, 0.2) is 36.0 Å². The Balaban J connectivity index is 1.26. The van der Waals surface area contributed by atoms with Gasteiger partial charge in [0, 0.05) is 5.41 Å². The van der Waals surface area contributed by atoms with Gasteiger partial charge in [-0.1, -0.05) is 19.4 Å². The maximum atomic E-state index is 13.3. The van der Waals surface area contributed by atoms with Crippen LogP contribution in [0.5, 0.6) is 5.75 Å². The molecule has 0 amide bonds. The van der Waals surface area contributed by atoms with Gasteiger partial charge in [-0.15, -0.1) is 0 Å². The fraction of sp³-hybridized carbons (Fsp3) is 0.600. The minimum Gasteiger partial charge on any atom is -0.508 e. The number of ether oxygens (including phenoxy) is 2. The van der Waals surface area contributed by atoms with Crippen LogP contribution in [-0.4, -0.2) is 61.6 Å². The summed E-state index contributed by atoms with van der Waals surface area (Å²) in [7, 11) is 0. The molecule has 3 N–H and O–H groups in total. The van der Waals surface area contributed by atoms with Gasteiger partial charge in [-0.2, -0.15) is 5.10 Å². The Hall–Kier alpha value is -2.52. The summed E-state index contributed by atoms with van der Waals surface area (Å²) in [6, 6.07) is 7.07. The third-order valence-electron chi connectivity index (χ3n) is 10.9. The summed E-state index contributed by atoms with van der Waals surface area (Å²) in [6.07, 6.45) is 6.48. The fourth-order valence-corrected chi connectivity index (χ4v) is 9.52. The molecule has 1 unspecified atom stereocenters. The van der Waals surface area contributed by atoms with Crippen LogP contribution in [0.4, 0.5) is 0 Å². The molecule has 5 aliphatic rings. The van der Waals surface area contributed by atoms with E-state index in [4.69, 9.17) is 14.6 Å². The molecule has 1 saturated heterocycles. The summed E-state index contributed by atoms with van der Waals surface area (Å²) >= 11 is 0. The predicted octanol–water partition coefficient (Wildman–Crippen LogP) is 3.40. The first-order valence-electron chi connectivity index (χ1n) is 13.9. The van der Waals surface area contributed by atoms with E-state index in [9.17, 15) is 20.1 Å². The summed E-state index contributed by atoms with van der Waals surface area (Å²) in [4.78, 5) is 13.3. The van der Waals surface area contributed by atoms with E-state index in [1.165, 1.54) is 5.57 Å².